The van der Waals surface area contributed by atoms with Crippen LogP contribution >= 0.6 is 0 Å². The number of nitrogens with zero attached hydrogens (tertiary/aromatic N) is 3. The number of ether oxygens (including phenoxy) is 1. The maximum Gasteiger partial charge on any atom is 0.255 e. The van der Waals surface area contributed by atoms with Gasteiger partial charge in [0.1, 0.15) is 12.4 Å². The standard InChI is InChI=1S/C24H34N4O4S/c1-4-27(5-2)17-18-32-23-12-7-6-11-22(23)25-24(29)20-9-8-10-21(19-20)33(30,31)28-15-13-26(3)14-16-28/h6-12,19H,4-5,13-18H2,1-3H3,(H,25,29). The smallest absolute Gasteiger partial charge is 0.255 e. The maximum atomic E-state index is 13.1. The summed E-state index contributed by atoms with van der Waals surface area (Å²) in [5, 5.41) is 2.86. The van der Waals surface area contributed by atoms with E-state index in [4.69, 9.17) is 4.74 Å². The Morgan fingerprint density at radius 3 is 2.42 bits per heavy atom. The lowest BCUT2D eigenvalue weighted by molar-refractivity contribution is 0.102. The number of amides is 1. The molecule has 1 saturated heterocycles. The minimum Gasteiger partial charge on any atom is -0.490 e. The second kappa shape index (κ2) is 11.6. The molecule has 8 nitrogen and oxygen atoms in total. The number of hydrogen-bond donors (Lipinski definition) is 1. The van der Waals surface area contributed by atoms with Gasteiger partial charge in [0.15, 0.2) is 0 Å². The van der Waals surface area contributed by atoms with Crippen LogP contribution in [0, 0.1) is 0 Å². The molecule has 0 aliphatic carbocycles. The first-order valence-corrected chi connectivity index (χ1v) is 12.8. The predicted molar refractivity (Wildman–Crippen MR) is 130 cm³/mol. The highest BCUT2D eigenvalue weighted by atomic mass is 32.2. The van der Waals surface area contributed by atoms with E-state index < -0.39 is 10.0 Å². The highest BCUT2D eigenvalue weighted by Crippen LogP contribution is 2.25. The van der Waals surface area contributed by atoms with Crippen LogP contribution in [0.4, 0.5) is 5.69 Å². The van der Waals surface area contributed by atoms with Gasteiger partial charge in [0.2, 0.25) is 10.0 Å². The summed E-state index contributed by atoms with van der Waals surface area (Å²) in [5.74, 6) is 0.199. The Kier molecular flexibility index (Phi) is 8.85. The zero-order chi connectivity index (χ0) is 23.8. The van der Waals surface area contributed by atoms with E-state index in [2.05, 4.69) is 29.0 Å². The fourth-order valence-electron chi connectivity index (χ4n) is 3.69. The molecule has 2 aromatic carbocycles. The number of para-hydroxylation sites is 2. The van der Waals surface area contributed by atoms with Crippen molar-refractivity contribution in [2.24, 2.45) is 0 Å². The molecule has 1 heterocycles. The molecule has 1 aliphatic rings. The van der Waals surface area contributed by atoms with Gasteiger partial charge in [0.05, 0.1) is 10.6 Å². The molecule has 180 valence electrons. The summed E-state index contributed by atoms with van der Waals surface area (Å²) in [6.45, 7) is 9.66. The van der Waals surface area contributed by atoms with Gasteiger partial charge in [-0.2, -0.15) is 4.31 Å². The quantitative estimate of drug-likeness (QED) is 0.570. The van der Waals surface area contributed by atoms with Crippen molar-refractivity contribution in [1.29, 1.82) is 0 Å². The highest BCUT2D eigenvalue weighted by Gasteiger charge is 2.28. The monoisotopic (exact) mass is 474 g/mol. The average molecular weight is 475 g/mol. The summed E-state index contributed by atoms with van der Waals surface area (Å²) in [7, 11) is -1.68. The highest BCUT2D eigenvalue weighted by molar-refractivity contribution is 7.89. The number of sulfonamides is 1. The molecule has 0 saturated carbocycles. The molecule has 9 heteroatoms. The van der Waals surface area contributed by atoms with Crippen LogP contribution in [0.25, 0.3) is 0 Å². The normalized spacial score (nSPS) is 15.5. The minimum absolute atomic E-state index is 0.128. The Labute approximate surface area is 197 Å². The molecule has 1 aliphatic heterocycles. The van der Waals surface area contributed by atoms with E-state index in [1.165, 1.54) is 16.4 Å². The summed E-state index contributed by atoms with van der Waals surface area (Å²) in [4.78, 5) is 17.4. The van der Waals surface area contributed by atoms with Gasteiger partial charge in [0, 0.05) is 38.3 Å². The minimum atomic E-state index is -3.65. The van der Waals surface area contributed by atoms with Crippen LogP contribution in [0.2, 0.25) is 0 Å². The van der Waals surface area contributed by atoms with E-state index in [-0.39, 0.29) is 16.4 Å². The Balaban J connectivity index is 1.70. The molecule has 0 aromatic heterocycles. The molecule has 33 heavy (non-hydrogen) atoms. The summed E-state index contributed by atoms with van der Waals surface area (Å²) >= 11 is 0. The van der Waals surface area contributed by atoms with E-state index in [0.29, 0.717) is 44.2 Å². The third-order valence-corrected chi connectivity index (χ3v) is 7.79. The van der Waals surface area contributed by atoms with Crippen molar-refractivity contribution < 1.29 is 17.9 Å². The summed E-state index contributed by atoms with van der Waals surface area (Å²) in [5.41, 5.74) is 0.831. The largest absolute Gasteiger partial charge is 0.490 e. The van der Waals surface area contributed by atoms with Crippen molar-refractivity contribution >= 4 is 21.6 Å². The van der Waals surface area contributed by atoms with Crippen LogP contribution in [-0.2, 0) is 10.0 Å². The third kappa shape index (κ3) is 6.54. The van der Waals surface area contributed by atoms with Crippen LogP contribution < -0.4 is 10.1 Å². The summed E-state index contributed by atoms with van der Waals surface area (Å²) in [6, 6.07) is 13.4. The van der Waals surface area contributed by atoms with Gasteiger partial charge in [-0.15, -0.1) is 0 Å². The molecular formula is C24H34N4O4S. The molecular weight excluding hydrogens is 440 g/mol. The van der Waals surface area contributed by atoms with E-state index >= 15 is 0 Å². The molecule has 1 fully saturated rings. The van der Waals surface area contributed by atoms with E-state index in [1.807, 2.05) is 25.2 Å². The van der Waals surface area contributed by atoms with Gasteiger partial charge >= 0.3 is 0 Å². The number of likely N-dealkylation sites (N-methyl/N-ethyl adjacent to an activating group) is 2. The zero-order valence-corrected chi connectivity index (χ0v) is 20.5. The molecule has 0 atom stereocenters. The fraction of sp³-hybridized carbons (Fsp3) is 0.458. The lowest BCUT2D eigenvalue weighted by atomic mass is 10.2. The van der Waals surface area contributed by atoms with Gasteiger partial charge in [-0.1, -0.05) is 32.0 Å². The Bertz CT molecular complexity index is 1030. The van der Waals surface area contributed by atoms with Crippen molar-refractivity contribution in [3.05, 3.63) is 54.1 Å². The van der Waals surface area contributed by atoms with Gasteiger partial charge < -0.3 is 19.9 Å². The fourth-order valence-corrected chi connectivity index (χ4v) is 5.16. The molecule has 1 amide bonds. The van der Waals surface area contributed by atoms with Crippen LogP contribution in [0.15, 0.2) is 53.4 Å². The lowest BCUT2D eigenvalue weighted by Crippen LogP contribution is -2.47. The van der Waals surface area contributed by atoms with Crippen molar-refractivity contribution in [3.8, 4) is 5.75 Å². The first-order valence-electron chi connectivity index (χ1n) is 11.4. The van der Waals surface area contributed by atoms with E-state index in [9.17, 15) is 13.2 Å². The molecule has 1 N–H and O–H groups in total. The van der Waals surface area contributed by atoms with Gasteiger partial charge in [-0.05, 0) is 50.5 Å². The van der Waals surface area contributed by atoms with Gasteiger partial charge in [-0.25, -0.2) is 8.42 Å². The zero-order valence-electron chi connectivity index (χ0n) is 19.7. The second-order valence-corrected chi connectivity index (χ2v) is 10.00. The number of piperazine rings is 1. The van der Waals surface area contributed by atoms with E-state index in [0.717, 1.165) is 19.6 Å². The van der Waals surface area contributed by atoms with Gasteiger partial charge in [0.25, 0.3) is 5.91 Å². The second-order valence-electron chi connectivity index (χ2n) is 8.06. The first-order chi connectivity index (χ1) is 15.8. The van der Waals surface area contributed by atoms with Gasteiger partial charge in [-0.3, -0.25) is 4.79 Å². The Morgan fingerprint density at radius 2 is 1.73 bits per heavy atom. The SMILES string of the molecule is CCN(CC)CCOc1ccccc1NC(=O)c1cccc(S(=O)(=O)N2CCN(C)CC2)c1. The molecule has 2 aromatic rings. The molecule has 0 radical (unpaired) electrons. The van der Waals surface area contributed by atoms with Crippen molar-refractivity contribution in [3.63, 3.8) is 0 Å². The number of carbonyl (C=O) groups excluding carboxylic acids is 1. The molecule has 0 unspecified atom stereocenters. The Hall–Kier alpha value is -2.46. The number of rotatable bonds is 10. The molecule has 0 bridgehead atoms. The number of nitrogens with one attached hydrogen (secondary N) is 1. The van der Waals surface area contributed by atoms with Crippen molar-refractivity contribution in [2.45, 2.75) is 18.7 Å². The predicted octanol–water partition coefficient (Wildman–Crippen LogP) is 2.60. The van der Waals surface area contributed by atoms with Crippen LogP contribution in [0.3, 0.4) is 0 Å². The maximum absolute atomic E-state index is 13.1. The van der Waals surface area contributed by atoms with E-state index in [1.54, 1.807) is 18.2 Å². The number of carbonyl (C=O) groups is 1. The topological polar surface area (TPSA) is 82.2 Å². The van der Waals surface area contributed by atoms with Crippen LogP contribution in [0.5, 0.6) is 5.75 Å². The summed E-state index contributed by atoms with van der Waals surface area (Å²) in [6.07, 6.45) is 0. The van der Waals surface area contributed by atoms with Crippen molar-refractivity contribution in [1.82, 2.24) is 14.1 Å². The molecule has 3 rings (SSSR count). The van der Waals surface area contributed by atoms with Crippen molar-refractivity contribution in [2.75, 3.05) is 64.8 Å². The number of benzene rings is 2. The van der Waals surface area contributed by atoms with Crippen LogP contribution in [-0.4, -0.2) is 87.9 Å². The third-order valence-electron chi connectivity index (χ3n) is 5.89. The summed E-state index contributed by atoms with van der Waals surface area (Å²) < 4.78 is 33.5. The Morgan fingerprint density at radius 1 is 1.03 bits per heavy atom. The number of hydrogen-bond acceptors (Lipinski definition) is 6. The lowest BCUT2D eigenvalue weighted by Gasteiger charge is -2.31. The van der Waals surface area contributed by atoms with Crippen LogP contribution in [0.1, 0.15) is 24.2 Å². The first kappa shape index (κ1) is 25.2. The molecule has 0 spiro atoms. The average Bonchev–Trinajstić information content (AvgIpc) is 2.83. The number of anilines is 1.